The second-order valence-electron chi connectivity index (χ2n) is 12.2. The summed E-state index contributed by atoms with van der Waals surface area (Å²) in [5, 5.41) is 1.49. The second kappa shape index (κ2) is 8.95. The third-order valence-electron chi connectivity index (χ3n) is 8.81. The average Bonchev–Trinajstić information content (AvgIpc) is 3.11. The van der Waals surface area contributed by atoms with Crippen molar-refractivity contribution in [2.75, 3.05) is 11.1 Å². The number of hydrogen-bond donors (Lipinski definition) is 0. The topological polar surface area (TPSA) is 54.5 Å². The van der Waals surface area contributed by atoms with E-state index in [0.717, 1.165) is 16.4 Å². The average molecular weight is 538 g/mol. The Morgan fingerprint density at radius 1 is 0.919 bits per heavy atom. The molecule has 0 saturated carbocycles. The number of benzene rings is 2. The number of allylic oxidation sites excluding steroid dienone is 2. The van der Waals surface area contributed by atoms with Crippen molar-refractivity contribution in [1.82, 2.24) is 0 Å². The van der Waals surface area contributed by atoms with Crippen molar-refractivity contribution in [2.45, 2.75) is 71.9 Å². The van der Waals surface area contributed by atoms with Crippen molar-refractivity contribution in [2.24, 2.45) is 17.3 Å². The summed E-state index contributed by atoms with van der Waals surface area (Å²) in [6.45, 7) is 14.9. The van der Waals surface area contributed by atoms with E-state index in [4.69, 9.17) is 11.6 Å². The van der Waals surface area contributed by atoms with Crippen molar-refractivity contribution in [3.63, 3.8) is 0 Å². The number of amides is 2. The number of para-hydroxylation sites is 1. The maximum atomic E-state index is 15.6. The number of halogens is 1. The molecule has 0 N–H and O–H groups in total. The number of hydrogen-bond acceptors (Lipinski definition) is 3. The quantitative estimate of drug-likeness (QED) is 0.295. The highest BCUT2D eigenvalue weighted by atomic mass is 35.5. The van der Waals surface area contributed by atoms with Crippen LogP contribution in [0.2, 0.25) is 0 Å². The molecule has 6 rings (SSSR count). The van der Waals surface area contributed by atoms with Crippen LogP contribution in [0.3, 0.4) is 0 Å². The Hall–Kier alpha value is -2.16. The lowest BCUT2D eigenvalue weighted by atomic mass is 9.67. The van der Waals surface area contributed by atoms with E-state index in [2.05, 4.69) is 53.7 Å². The number of carbonyl (C=O) groups is 2. The zero-order valence-electron chi connectivity index (χ0n) is 22.8. The van der Waals surface area contributed by atoms with Gasteiger partial charge in [0.05, 0.1) is 17.5 Å². The van der Waals surface area contributed by atoms with Crippen molar-refractivity contribution >= 4 is 41.5 Å². The third kappa shape index (κ3) is 3.73. The molecule has 0 radical (unpaired) electrons. The molecule has 5 atom stereocenters. The molecule has 4 nitrogen and oxygen atoms in total. The molecule has 3 aliphatic heterocycles. The summed E-state index contributed by atoms with van der Waals surface area (Å²) >= 11 is 6.87. The lowest BCUT2D eigenvalue weighted by molar-refractivity contribution is -0.123. The lowest BCUT2D eigenvalue weighted by Gasteiger charge is -2.52. The Labute approximate surface area is 225 Å². The van der Waals surface area contributed by atoms with Gasteiger partial charge >= 0.3 is 0 Å². The van der Waals surface area contributed by atoms with Crippen LogP contribution in [0, 0.1) is 17.3 Å². The second-order valence-corrected chi connectivity index (χ2v) is 15.6. The lowest BCUT2D eigenvalue weighted by Crippen LogP contribution is -2.53. The Balaban J connectivity index is 1.74. The van der Waals surface area contributed by atoms with Crippen LogP contribution in [-0.2, 0) is 14.2 Å². The molecular weight excluding hydrogens is 501 g/mol. The summed E-state index contributed by atoms with van der Waals surface area (Å²) in [6.07, 6.45) is 2.18. The van der Waals surface area contributed by atoms with E-state index in [1.165, 1.54) is 10.5 Å². The predicted octanol–water partition coefficient (Wildman–Crippen LogP) is 7.38. The molecule has 2 amide bonds. The van der Waals surface area contributed by atoms with Crippen LogP contribution in [0.4, 0.5) is 5.69 Å². The number of carbonyl (C=O) groups excluding carboxylic acids is 2. The Kier molecular flexibility index (Phi) is 6.40. The first-order valence-corrected chi connectivity index (χ1v) is 15.7. The molecule has 2 aromatic rings. The van der Waals surface area contributed by atoms with Gasteiger partial charge in [-0.25, -0.2) is 4.90 Å². The molecule has 2 saturated heterocycles. The number of nitrogens with zero attached hydrogens (tertiary/aromatic N) is 1. The van der Waals surface area contributed by atoms with Gasteiger partial charge in [0.15, 0.2) is 0 Å². The van der Waals surface area contributed by atoms with Crippen molar-refractivity contribution in [3.05, 3.63) is 70.3 Å². The van der Waals surface area contributed by atoms with E-state index in [1.807, 2.05) is 31.2 Å². The zero-order chi connectivity index (χ0) is 27.0. The summed E-state index contributed by atoms with van der Waals surface area (Å²) in [6, 6.07) is 13.5. The van der Waals surface area contributed by atoms with Crippen LogP contribution >= 0.6 is 18.7 Å². The predicted molar refractivity (Wildman–Crippen MR) is 153 cm³/mol. The SMILES string of the molecule is CC(C)c1cc(C(C)C)c(P2(=O)CC3(C)C(Cl)=CC2C2C(=O)N(c4ccccc4)C(=O)C23)c(C(C)C)c1. The molecule has 196 valence electrons. The summed E-state index contributed by atoms with van der Waals surface area (Å²) < 4.78 is 15.6. The molecule has 2 bridgehead atoms. The van der Waals surface area contributed by atoms with E-state index in [-0.39, 0.29) is 23.7 Å². The van der Waals surface area contributed by atoms with Crippen LogP contribution in [0.5, 0.6) is 0 Å². The minimum Gasteiger partial charge on any atom is -0.318 e. The van der Waals surface area contributed by atoms with E-state index in [9.17, 15) is 9.59 Å². The van der Waals surface area contributed by atoms with Gasteiger partial charge < -0.3 is 4.57 Å². The van der Waals surface area contributed by atoms with Gasteiger partial charge in [0, 0.05) is 27.6 Å². The smallest absolute Gasteiger partial charge is 0.238 e. The zero-order valence-corrected chi connectivity index (χ0v) is 24.4. The van der Waals surface area contributed by atoms with Gasteiger partial charge in [-0.1, -0.05) is 96.5 Å². The Bertz CT molecular complexity index is 1330. The van der Waals surface area contributed by atoms with E-state index in [0.29, 0.717) is 22.8 Å². The number of rotatable bonds is 5. The van der Waals surface area contributed by atoms with Gasteiger partial charge in [0.2, 0.25) is 11.8 Å². The molecule has 37 heavy (non-hydrogen) atoms. The molecule has 4 aliphatic rings. The van der Waals surface area contributed by atoms with Gasteiger partial charge in [0.1, 0.15) is 7.14 Å². The van der Waals surface area contributed by atoms with Crippen molar-refractivity contribution in [1.29, 1.82) is 0 Å². The van der Waals surface area contributed by atoms with Crippen LogP contribution in [0.25, 0.3) is 0 Å². The van der Waals surface area contributed by atoms with Gasteiger partial charge in [-0.2, -0.15) is 0 Å². The third-order valence-corrected chi connectivity index (χ3v) is 13.2. The van der Waals surface area contributed by atoms with Crippen LogP contribution in [0.15, 0.2) is 53.6 Å². The standard InChI is InChI=1S/C31H37ClNO3P/c1-17(2)20-13-22(18(3)4)28(23(14-20)19(5)6)37(36)16-31(7)25(32)15-24(37)26-27(31)30(35)33(29(26)34)21-11-9-8-10-12-21/h8-15,17-19,24,26-27H,16H2,1-7H3. The normalized spacial score (nSPS) is 31.1. The highest BCUT2D eigenvalue weighted by Gasteiger charge is 2.69. The van der Waals surface area contributed by atoms with Gasteiger partial charge in [-0.3, -0.25) is 9.59 Å². The molecular formula is C31H37ClNO3P. The summed E-state index contributed by atoms with van der Waals surface area (Å²) in [5.41, 5.74) is 2.57. The molecule has 3 heterocycles. The van der Waals surface area contributed by atoms with Crippen LogP contribution < -0.4 is 10.2 Å². The molecule has 2 aromatic carbocycles. The van der Waals surface area contributed by atoms with Gasteiger partial charge in [-0.15, -0.1) is 0 Å². The fourth-order valence-electron chi connectivity index (χ4n) is 6.86. The maximum absolute atomic E-state index is 15.6. The minimum atomic E-state index is -3.17. The number of anilines is 1. The van der Waals surface area contributed by atoms with Crippen molar-refractivity contribution < 1.29 is 14.2 Å². The molecule has 5 unspecified atom stereocenters. The molecule has 1 aliphatic carbocycles. The molecule has 0 spiro atoms. The van der Waals surface area contributed by atoms with E-state index in [1.54, 1.807) is 12.1 Å². The molecule has 2 fully saturated rings. The fraction of sp³-hybridized carbons (Fsp3) is 0.484. The minimum absolute atomic E-state index is 0.169. The Morgan fingerprint density at radius 2 is 1.49 bits per heavy atom. The van der Waals surface area contributed by atoms with E-state index >= 15 is 4.57 Å². The molecule has 0 aromatic heterocycles. The van der Waals surface area contributed by atoms with Gasteiger partial charge in [0.25, 0.3) is 0 Å². The Morgan fingerprint density at radius 3 is 2.00 bits per heavy atom. The maximum Gasteiger partial charge on any atom is 0.238 e. The van der Waals surface area contributed by atoms with E-state index < -0.39 is 30.1 Å². The highest BCUT2D eigenvalue weighted by molar-refractivity contribution is 7.73. The van der Waals surface area contributed by atoms with Crippen molar-refractivity contribution in [3.8, 4) is 0 Å². The number of imide groups is 1. The monoisotopic (exact) mass is 537 g/mol. The van der Waals surface area contributed by atoms with Gasteiger partial charge in [-0.05, 0) is 46.6 Å². The highest BCUT2D eigenvalue weighted by Crippen LogP contribution is 2.72. The summed E-state index contributed by atoms with van der Waals surface area (Å²) in [7, 11) is -3.17. The fourth-order valence-corrected chi connectivity index (χ4v) is 12.1. The van der Waals surface area contributed by atoms with Crippen LogP contribution in [0.1, 0.15) is 82.9 Å². The molecule has 6 heteroatoms. The largest absolute Gasteiger partial charge is 0.318 e. The van der Waals surface area contributed by atoms with Crippen LogP contribution in [-0.4, -0.2) is 23.6 Å². The number of fused-ring (bicyclic) bond motifs is 1. The first kappa shape index (κ1) is 26.4. The summed E-state index contributed by atoms with van der Waals surface area (Å²) in [4.78, 5) is 29.2. The first-order chi connectivity index (χ1) is 17.3. The summed E-state index contributed by atoms with van der Waals surface area (Å²) in [5.74, 6) is -1.08. The first-order valence-electron chi connectivity index (χ1n) is 13.4.